The largest absolute Gasteiger partial charge is 0.509 e. The maximum atomic E-state index is 12.6. The second kappa shape index (κ2) is 12.6. The average molecular weight is 433 g/mol. The number of carbonyl (C=O) groups is 2. The van der Waals surface area contributed by atoms with Crippen LogP contribution in [0.3, 0.4) is 0 Å². The fourth-order valence-corrected chi connectivity index (χ4v) is 4.84. The van der Waals surface area contributed by atoms with Crippen molar-refractivity contribution in [3.8, 4) is 0 Å². The molecule has 0 saturated heterocycles. The van der Waals surface area contributed by atoms with E-state index in [-0.39, 0.29) is 36.6 Å². The minimum Gasteiger partial charge on any atom is -0.391 e. The van der Waals surface area contributed by atoms with E-state index in [2.05, 4.69) is 10.6 Å². The van der Waals surface area contributed by atoms with Gasteiger partial charge in [0.15, 0.2) is 5.66 Å². The number of nitrogens with one attached hydrogen (secondary N) is 2. The lowest BCUT2D eigenvalue weighted by Gasteiger charge is -2.26. The van der Waals surface area contributed by atoms with Crippen molar-refractivity contribution in [1.29, 1.82) is 0 Å². The summed E-state index contributed by atoms with van der Waals surface area (Å²) < 4.78 is 11.8. The van der Waals surface area contributed by atoms with Crippen LogP contribution in [0, 0.1) is 17.8 Å². The molecule has 0 aromatic carbocycles. The number of hydrogen-bond donors (Lipinski definition) is 5. The van der Waals surface area contributed by atoms with Gasteiger partial charge in [0.05, 0.1) is 12.1 Å². The lowest BCUT2D eigenvalue weighted by atomic mass is 9.85. The number of rotatable bonds is 11. The van der Waals surface area contributed by atoms with Gasteiger partial charge < -0.3 is 21.5 Å². The Hall–Kier alpha value is -1.08. The molecule has 1 rings (SSSR count). The predicted octanol–water partition coefficient (Wildman–Crippen LogP) is 1.66. The van der Waals surface area contributed by atoms with E-state index in [0.29, 0.717) is 0 Å². The molecule has 0 heterocycles. The first-order valence-corrected chi connectivity index (χ1v) is 12.0. The highest BCUT2D eigenvalue weighted by atomic mass is 31.1. The van der Waals surface area contributed by atoms with Crippen LogP contribution in [-0.2, 0) is 14.2 Å². The maximum Gasteiger partial charge on any atom is 0.509 e. The molecule has 29 heavy (non-hydrogen) atoms. The van der Waals surface area contributed by atoms with Gasteiger partial charge in [0.2, 0.25) is 11.8 Å². The summed E-state index contributed by atoms with van der Waals surface area (Å²) in [7, 11) is -2.39. The lowest BCUT2D eigenvalue weighted by Crippen LogP contribution is -2.55. The zero-order valence-corrected chi connectivity index (χ0v) is 19.0. The van der Waals surface area contributed by atoms with Gasteiger partial charge in [0.1, 0.15) is 6.04 Å². The summed E-state index contributed by atoms with van der Waals surface area (Å²) in [5, 5.41) is 15.7. The Morgan fingerprint density at radius 2 is 1.66 bits per heavy atom. The fourth-order valence-electron chi connectivity index (χ4n) is 3.76. The van der Waals surface area contributed by atoms with Crippen molar-refractivity contribution in [1.82, 2.24) is 10.6 Å². The topological polar surface area (TPSA) is 142 Å². The van der Waals surface area contributed by atoms with Crippen molar-refractivity contribution in [2.45, 2.75) is 90.1 Å². The van der Waals surface area contributed by atoms with Crippen LogP contribution >= 0.6 is 8.03 Å². The molecule has 0 aliphatic heterocycles. The smallest absolute Gasteiger partial charge is 0.391 e. The van der Waals surface area contributed by atoms with Gasteiger partial charge in [-0.05, 0) is 29.2 Å². The summed E-state index contributed by atoms with van der Waals surface area (Å²) in [5.74, 6) is -0.847. The summed E-state index contributed by atoms with van der Waals surface area (Å²) in [6.45, 7) is 7.27. The zero-order chi connectivity index (χ0) is 22.1. The molecule has 2 unspecified atom stereocenters. The van der Waals surface area contributed by atoms with Crippen LogP contribution in [0.4, 0.5) is 0 Å². The molecule has 168 valence electrons. The van der Waals surface area contributed by atoms with E-state index in [9.17, 15) is 24.2 Å². The summed E-state index contributed by atoms with van der Waals surface area (Å²) in [5.41, 5.74) is 5.39. The Labute approximate surface area is 175 Å². The SMILES string of the molecule is CC(C)[C@H](NC(=O)[C@H](N)C(C)C)C(=O)NC[C@H](O)CC(C1CCCCC1)[P+](=O)O. The van der Waals surface area contributed by atoms with E-state index in [0.717, 1.165) is 32.1 Å². The highest BCUT2D eigenvalue weighted by Crippen LogP contribution is 2.40. The molecular formula is C20H39N3O5P+. The second-order valence-electron chi connectivity index (χ2n) is 8.90. The van der Waals surface area contributed by atoms with Gasteiger partial charge in [0, 0.05) is 18.9 Å². The van der Waals surface area contributed by atoms with Crippen molar-refractivity contribution in [3.05, 3.63) is 0 Å². The minimum absolute atomic E-state index is 0.0272. The van der Waals surface area contributed by atoms with Gasteiger partial charge in [-0.2, -0.15) is 4.89 Å². The molecule has 0 bridgehead atoms. The van der Waals surface area contributed by atoms with E-state index < -0.39 is 37.8 Å². The van der Waals surface area contributed by atoms with Crippen LogP contribution in [0.1, 0.15) is 66.2 Å². The Morgan fingerprint density at radius 1 is 1.07 bits per heavy atom. The van der Waals surface area contributed by atoms with E-state index in [4.69, 9.17) is 5.73 Å². The monoisotopic (exact) mass is 432 g/mol. The average Bonchev–Trinajstić information content (AvgIpc) is 2.67. The third-order valence-electron chi connectivity index (χ3n) is 5.77. The molecule has 1 fully saturated rings. The standard InChI is InChI=1S/C20H38N3O5P/c1-12(2)17(21)19(25)23-18(13(3)4)20(26)22-11-15(24)10-16(29(27)28)14-8-6-5-7-9-14/h12-18,24H,5-11,21H2,1-4H3,(H2-,22,23,25,26,27,28)/p+1/t15-,16?,17-,18+/m1/s1. The maximum absolute atomic E-state index is 12.6. The number of carbonyl (C=O) groups excluding carboxylic acids is 2. The van der Waals surface area contributed by atoms with Crippen LogP contribution < -0.4 is 16.4 Å². The molecule has 1 aliphatic rings. The highest BCUT2D eigenvalue weighted by molar-refractivity contribution is 7.38. The molecule has 0 radical (unpaired) electrons. The highest BCUT2D eigenvalue weighted by Gasteiger charge is 2.39. The molecule has 1 saturated carbocycles. The zero-order valence-electron chi connectivity index (χ0n) is 18.1. The van der Waals surface area contributed by atoms with Crippen LogP contribution in [0.25, 0.3) is 0 Å². The third kappa shape index (κ3) is 8.67. The third-order valence-corrected chi connectivity index (χ3v) is 6.97. The molecule has 2 amide bonds. The lowest BCUT2D eigenvalue weighted by molar-refractivity contribution is -0.131. The van der Waals surface area contributed by atoms with E-state index in [1.165, 1.54) is 0 Å². The molecule has 9 heteroatoms. The second-order valence-corrected chi connectivity index (χ2v) is 10.2. The summed E-state index contributed by atoms with van der Waals surface area (Å²) in [6, 6.07) is -1.46. The Morgan fingerprint density at radius 3 is 2.14 bits per heavy atom. The van der Waals surface area contributed by atoms with Gasteiger partial charge in [-0.1, -0.05) is 47.0 Å². The molecule has 1 aliphatic carbocycles. The molecule has 0 spiro atoms. The van der Waals surface area contributed by atoms with Crippen LogP contribution in [0.15, 0.2) is 0 Å². The Balaban J connectivity index is 2.59. The van der Waals surface area contributed by atoms with Gasteiger partial charge in [-0.3, -0.25) is 9.59 Å². The predicted molar refractivity (Wildman–Crippen MR) is 113 cm³/mol. The first-order chi connectivity index (χ1) is 13.5. The number of aliphatic hydroxyl groups excluding tert-OH is 1. The summed E-state index contributed by atoms with van der Waals surface area (Å²) >= 11 is 0. The van der Waals surface area contributed by atoms with E-state index >= 15 is 0 Å². The Kier molecular flexibility index (Phi) is 11.3. The van der Waals surface area contributed by atoms with Crippen molar-refractivity contribution < 1.29 is 24.2 Å². The normalized spacial score (nSPS) is 20.1. The quantitative estimate of drug-likeness (QED) is 0.314. The van der Waals surface area contributed by atoms with Gasteiger partial charge in [-0.25, -0.2) is 0 Å². The van der Waals surface area contributed by atoms with Crippen LogP contribution in [-0.4, -0.2) is 52.2 Å². The van der Waals surface area contributed by atoms with Crippen molar-refractivity contribution in [2.75, 3.05) is 6.54 Å². The molecule has 0 aromatic rings. The molecule has 8 nitrogen and oxygen atoms in total. The number of nitrogens with two attached hydrogens (primary N) is 1. The number of amides is 2. The van der Waals surface area contributed by atoms with Crippen molar-refractivity contribution in [3.63, 3.8) is 0 Å². The number of hydrogen-bond acceptors (Lipinski definition) is 5. The molecule has 0 aromatic heterocycles. The summed E-state index contributed by atoms with van der Waals surface area (Å²) in [6.07, 6.45) is 4.31. The first kappa shape index (κ1) is 26.0. The summed E-state index contributed by atoms with van der Waals surface area (Å²) in [4.78, 5) is 34.5. The molecule has 6 N–H and O–H groups in total. The first-order valence-electron chi connectivity index (χ1n) is 10.7. The Bertz CT molecular complexity index is 552. The van der Waals surface area contributed by atoms with Crippen LogP contribution in [0.2, 0.25) is 0 Å². The molecular weight excluding hydrogens is 393 g/mol. The number of aliphatic hydroxyl groups is 1. The molecule has 5 atom stereocenters. The van der Waals surface area contributed by atoms with Gasteiger partial charge >= 0.3 is 8.03 Å². The van der Waals surface area contributed by atoms with Gasteiger partial charge in [-0.15, -0.1) is 0 Å². The van der Waals surface area contributed by atoms with Crippen molar-refractivity contribution >= 4 is 19.8 Å². The van der Waals surface area contributed by atoms with Gasteiger partial charge in [0.25, 0.3) is 0 Å². The van der Waals surface area contributed by atoms with Crippen LogP contribution in [0.5, 0.6) is 0 Å². The van der Waals surface area contributed by atoms with Crippen molar-refractivity contribution in [2.24, 2.45) is 23.5 Å². The van der Waals surface area contributed by atoms with E-state index in [1.807, 2.05) is 27.7 Å². The van der Waals surface area contributed by atoms with E-state index in [1.54, 1.807) is 0 Å². The fraction of sp³-hybridized carbons (Fsp3) is 0.900. The minimum atomic E-state index is -2.39.